The summed E-state index contributed by atoms with van der Waals surface area (Å²) in [5.74, 6) is 0.635. The molecule has 1 amide bonds. The number of rotatable bonds is 6. The minimum Gasteiger partial charge on any atom is -0.412 e. The van der Waals surface area contributed by atoms with E-state index in [1.807, 2.05) is 42.0 Å². The minimum atomic E-state index is -1.49. The highest BCUT2D eigenvalue weighted by Gasteiger charge is 2.57. The summed E-state index contributed by atoms with van der Waals surface area (Å²) in [5, 5.41) is 24.4. The second-order valence-electron chi connectivity index (χ2n) is 11.1. The van der Waals surface area contributed by atoms with Crippen LogP contribution in [0.2, 0.25) is 0 Å². The number of aliphatic hydroxyl groups is 1. The number of amides is 1. The van der Waals surface area contributed by atoms with Gasteiger partial charge in [0.15, 0.2) is 0 Å². The number of carbonyl (C=O) groups is 2. The van der Waals surface area contributed by atoms with Crippen molar-refractivity contribution in [3.05, 3.63) is 64.3 Å². The average Bonchev–Trinajstić information content (AvgIpc) is 3.31. The zero-order valence-electron chi connectivity index (χ0n) is 24.2. The number of carbonyl (C=O) groups excluding carboxylic acids is 2. The van der Waals surface area contributed by atoms with Crippen LogP contribution in [-0.4, -0.2) is 75.9 Å². The molecular weight excluding hydrogens is 623 g/mol. The van der Waals surface area contributed by atoms with Crippen molar-refractivity contribution in [2.75, 3.05) is 19.7 Å². The van der Waals surface area contributed by atoms with Crippen molar-refractivity contribution in [1.29, 1.82) is 5.26 Å². The highest BCUT2D eigenvalue weighted by molar-refractivity contribution is 8.36. The molecule has 4 saturated heterocycles. The molecule has 4 aliphatic rings. The number of aromatic nitrogens is 1. The van der Waals surface area contributed by atoms with E-state index in [9.17, 15) is 19.2 Å². The summed E-state index contributed by atoms with van der Waals surface area (Å²) >= 11 is 1.65. The Morgan fingerprint density at radius 2 is 2.02 bits per heavy atom. The molecular formula is C30H44FN5O5P2S. The van der Waals surface area contributed by atoms with Gasteiger partial charge in [0.2, 0.25) is 11.1 Å². The van der Waals surface area contributed by atoms with E-state index in [1.165, 1.54) is 0 Å². The predicted octanol–water partition coefficient (Wildman–Crippen LogP) is 4.34. The third-order valence-corrected chi connectivity index (χ3v) is 13.6. The fourth-order valence-electron chi connectivity index (χ4n) is 5.99. The summed E-state index contributed by atoms with van der Waals surface area (Å²) in [5.41, 5.74) is 2.13. The number of fused-ring (bicyclic) bond motifs is 2. The van der Waals surface area contributed by atoms with Crippen LogP contribution in [0.15, 0.2) is 42.5 Å². The monoisotopic (exact) mass is 667 g/mol. The molecule has 3 aromatic rings. The molecule has 0 radical (unpaired) electrons. The van der Waals surface area contributed by atoms with E-state index < -0.39 is 13.0 Å². The zero-order chi connectivity index (χ0) is 30.6. The molecule has 2 aromatic heterocycles. The smallest absolute Gasteiger partial charge is 0.240 e. The molecule has 4 aliphatic heterocycles. The van der Waals surface area contributed by atoms with Crippen LogP contribution in [0, 0.1) is 11.3 Å². The number of alkyl halides is 1. The number of hydrogen-bond acceptors (Lipinski definition) is 9. The Hall–Kier alpha value is -2.45. The summed E-state index contributed by atoms with van der Waals surface area (Å²) in [6.45, 7) is 4.62. The number of hydrogen-bond donors (Lipinski definition) is 4. The van der Waals surface area contributed by atoms with Crippen LogP contribution in [0.5, 0.6) is 0 Å². The van der Waals surface area contributed by atoms with Gasteiger partial charge in [-0.25, -0.2) is 9.37 Å². The summed E-state index contributed by atoms with van der Waals surface area (Å²) in [6, 6.07) is 15.3. The summed E-state index contributed by atoms with van der Waals surface area (Å²) in [4.78, 5) is 38.0. The molecule has 7 rings (SSSR count). The topological polar surface area (TPSA) is 170 Å². The number of nitrogens with zero attached hydrogens (tertiary/aromatic N) is 3. The third kappa shape index (κ3) is 7.33. The standard InChI is InChI=1S/C20H25FN2O3P2S.C9H9N3.CH2O.H2O.3H2/c21-20(27-28(20)26)13-4-7-18-12(8-13)9-16(29-18)10-22-17-3-1-2-14-5-6-15(11-24)23(14)19(17)25;10-4-8-2-1-3-9(12-8)7-5-11-6-7;1-2;;;;/h4,7-9,14-15,17,22,24,26-27H,1-3,5-6,10-11H2;1-3,7,11H,5-6H2;1H2;1H2;3*1H/t14-,15-,17-,20?,28?;;;;;;/m0....../s1. The fourth-order valence-corrected chi connectivity index (χ4v) is 9.75. The minimum absolute atomic E-state index is 0. The Bertz CT molecular complexity index is 1510. The van der Waals surface area contributed by atoms with Gasteiger partial charge in [0, 0.05) is 56.7 Å². The van der Waals surface area contributed by atoms with Crippen molar-refractivity contribution < 1.29 is 33.7 Å². The molecule has 6 atom stereocenters. The zero-order valence-corrected chi connectivity index (χ0v) is 26.9. The molecule has 4 fully saturated rings. The average molecular weight is 668 g/mol. The first kappa shape index (κ1) is 34.4. The van der Waals surface area contributed by atoms with Gasteiger partial charge in [-0.2, -0.15) is 5.26 Å². The molecule has 1 aromatic carbocycles. The summed E-state index contributed by atoms with van der Waals surface area (Å²) in [6.07, 6.45) is 4.75. The van der Waals surface area contributed by atoms with Crippen LogP contribution in [0.3, 0.4) is 0 Å². The maximum Gasteiger partial charge on any atom is 0.240 e. The Morgan fingerprint density at radius 3 is 2.68 bits per heavy atom. The molecule has 14 heteroatoms. The van der Waals surface area contributed by atoms with Crippen molar-refractivity contribution >= 4 is 50.2 Å². The van der Waals surface area contributed by atoms with E-state index in [1.54, 1.807) is 23.5 Å². The van der Waals surface area contributed by atoms with Crippen LogP contribution < -0.4 is 10.6 Å². The first-order valence-corrected chi connectivity index (χ1v) is 18.4. The van der Waals surface area contributed by atoms with Gasteiger partial charge in [-0.3, -0.25) is 4.79 Å². The highest BCUT2D eigenvalue weighted by Crippen LogP contribution is 2.94. The molecule has 0 spiro atoms. The quantitative estimate of drug-likeness (QED) is 0.282. The molecule has 0 aliphatic carbocycles. The second-order valence-corrected chi connectivity index (χ2v) is 16.8. The molecule has 3 unspecified atom stereocenters. The molecule has 6 heterocycles. The van der Waals surface area contributed by atoms with Gasteiger partial charge >= 0.3 is 0 Å². The van der Waals surface area contributed by atoms with Crippen LogP contribution in [-0.2, 0) is 21.3 Å². The summed E-state index contributed by atoms with van der Waals surface area (Å²) in [7, 11) is -1.49. The SMILES string of the molecule is C=O.N#Cc1cccc(C2CNC2)n1.O.O=C1[C@@H](NCc2cc3cc(C4(F)PP4O)ccc3s2)CCC[C@H]2CC[C@@H](CO)N12.[HH].[HH].[HH]. The number of thiophene rings is 1. The largest absolute Gasteiger partial charge is 0.412 e. The number of benzene rings is 1. The van der Waals surface area contributed by atoms with Crippen LogP contribution in [0.1, 0.15) is 64.1 Å². The van der Waals surface area contributed by atoms with Crippen molar-refractivity contribution in [1.82, 2.24) is 20.5 Å². The van der Waals surface area contributed by atoms with Gasteiger partial charge in [-0.05, 0) is 76.1 Å². The van der Waals surface area contributed by atoms with Gasteiger partial charge in [0.25, 0.3) is 0 Å². The number of nitrogens with one attached hydrogen (secondary N) is 2. The van der Waals surface area contributed by atoms with Crippen LogP contribution >= 0.6 is 27.4 Å². The second kappa shape index (κ2) is 15.2. The lowest BCUT2D eigenvalue weighted by atomic mass is 9.99. The number of pyridine rings is 1. The molecule has 0 saturated carbocycles. The lowest BCUT2D eigenvalue weighted by Gasteiger charge is -2.30. The molecule has 0 bridgehead atoms. The number of halogens is 1. The predicted molar refractivity (Wildman–Crippen MR) is 179 cm³/mol. The van der Waals surface area contributed by atoms with E-state index in [2.05, 4.69) is 21.7 Å². The van der Waals surface area contributed by atoms with E-state index in [4.69, 9.17) is 10.1 Å². The Morgan fingerprint density at radius 1 is 1.25 bits per heavy atom. The lowest BCUT2D eigenvalue weighted by Crippen LogP contribution is -2.50. The van der Waals surface area contributed by atoms with E-state index in [0.29, 0.717) is 23.7 Å². The third-order valence-electron chi connectivity index (χ3n) is 8.47. The van der Waals surface area contributed by atoms with E-state index in [0.717, 1.165) is 65.9 Å². The van der Waals surface area contributed by atoms with E-state index >= 15 is 0 Å². The lowest BCUT2D eigenvalue weighted by molar-refractivity contribution is -0.136. The highest BCUT2D eigenvalue weighted by atomic mass is 32.1. The van der Waals surface area contributed by atoms with E-state index in [-0.39, 0.29) is 48.7 Å². The van der Waals surface area contributed by atoms with Crippen molar-refractivity contribution in [3.8, 4) is 6.07 Å². The first-order valence-electron chi connectivity index (χ1n) is 14.4. The van der Waals surface area contributed by atoms with Gasteiger partial charge < -0.3 is 35.8 Å². The Labute approximate surface area is 267 Å². The van der Waals surface area contributed by atoms with Crippen molar-refractivity contribution in [3.63, 3.8) is 0 Å². The molecule has 6 N–H and O–H groups in total. The van der Waals surface area contributed by atoms with Crippen LogP contribution in [0.25, 0.3) is 10.1 Å². The van der Waals surface area contributed by atoms with Crippen molar-refractivity contribution in [2.24, 2.45) is 0 Å². The van der Waals surface area contributed by atoms with Gasteiger partial charge in [-0.15, -0.1) is 11.3 Å². The maximum atomic E-state index is 14.5. The molecule has 242 valence electrons. The maximum absolute atomic E-state index is 14.5. The summed E-state index contributed by atoms with van der Waals surface area (Å²) < 4.78 is 15.6. The Kier molecular flexibility index (Phi) is 11.9. The Balaban J connectivity index is 0.000000523. The number of aliphatic hydroxyl groups excluding tert-OH is 1. The van der Waals surface area contributed by atoms with Crippen molar-refractivity contribution in [2.45, 2.75) is 67.8 Å². The molecule has 44 heavy (non-hydrogen) atoms. The van der Waals surface area contributed by atoms with Gasteiger partial charge in [0.1, 0.15) is 18.6 Å². The number of nitriles is 1. The normalized spacial score (nSPS) is 27.9. The fraction of sp³-hybridized carbons (Fsp3) is 0.467. The first-order chi connectivity index (χ1) is 20.9. The van der Waals surface area contributed by atoms with Gasteiger partial charge in [0.05, 0.1) is 26.5 Å². The van der Waals surface area contributed by atoms with Crippen LogP contribution in [0.4, 0.5) is 4.39 Å². The van der Waals surface area contributed by atoms with Gasteiger partial charge in [-0.1, -0.05) is 12.1 Å². The molecule has 10 nitrogen and oxygen atoms in total.